The molecule has 2 aromatic carbocycles. The minimum Gasteiger partial charge on any atom is -0.224 e. The first-order valence-corrected chi connectivity index (χ1v) is 9.24. The van der Waals surface area contributed by atoms with Crippen molar-refractivity contribution in [2.45, 2.75) is 4.90 Å². The van der Waals surface area contributed by atoms with E-state index in [9.17, 15) is 8.42 Å². The standard InChI is InChI=1S/C13H7Cl5O2S/c1-21(19,20)11-4-7(9(15)5-10(11)16)6-2-3-8(14)13(18)12(6)17/h2-5H,1H3. The van der Waals surface area contributed by atoms with Gasteiger partial charge < -0.3 is 0 Å². The number of benzene rings is 2. The molecule has 0 saturated heterocycles. The maximum Gasteiger partial charge on any atom is 0.177 e. The molecule has 2 rings (SSSR count). The van der Waals surface area contributed by atoms with Crippen molar-refractivity contribution < 1.29 is 8.42 Å². The van der Waals surface area contributed by atoms with Crippen LogP contribution in [-0.2, 0) is 9.84 Å². The molecule has 21 heavy (non-hydrogen) atoms. The van der Waals surface area contributed by atoms with E-state index >= 15 is 0 Å². The number of halogens is 5. The number of hydrogen-bond acceptors (Lipinski definition) is 2. The second kappa shape index (κ2) is 6.15. The maximum absolute atomic E-state index is 11.7. The normalized spacial score (nSPS) is 11.7. The molecule has 0 amide bonds. The van der Waals surface area contributed by atoms with Gasteiger partial charge in [0.15, 0.2) is 9.84 Å². The van der Waals surface area contributed by atoms with Crippen molar-refractivity contribution in [3.05, 3.63) is 49.4 Å². The van der Waals surface area contributed by atoms with E-state index in [-0.39, 0.29) is 25.0 Å². The van der Waals surface area contributed by atoms with Gasteiger partial charge >= 0.3 is 0 Å². The van der Waals surface area contributed by atoms with Crippen LogP contribution in [0, 0.1) is 0 Å². The molecule has 0 heterocycles. The van der Waals surface area contributed by atoms with Crippen molar-refractivity contribution in [1.82, 2.24) is 0 Å². The lowest BCUT2D eigenvalue weighted by Gasteiger charge is -2.12. The monoisotopic (exact) mass is 402 g/mol. The molecule has 0 unspecified atom stereocenters. The van der Waals surface area contributed by atoms with E-state index in [4.69, 9.17) is 58.0 Å². The summed E-state index contributed by atoms with van der Waals surface area (Å²) in [5, 5.41) is 0.949. The van der Waals surface area contributed by atoms with Gasteiger partial charge in [0.25, 0.3) is 0 Å². The number of sulfone groups is 1. The Morgan fingerprint density at radius 3 is 1.95 bits per heavy atom. The third-order valence-corrected chi connectivity index (χ3v) is 5.91. The van der Waals surface area contributed by atoms with Gasteiger partial charge in [-0.2, -0.15) is 0 Å². The van der Waals surface area contributed by atoms with E-state index in [2.05, 4.69) is 0 Å². The molecule has 0 aliphatic rings. The predicted octanol–water partition coefficient (Wildman–Crippen LogP) is 6.02. The molecule has 0 bridgehead atoms. The van der Waals surface area contributed by atoms with Crippen molar-refractivity contribution in [2.75, 3.05) is 6.26 Å². The lowest BCUT2D eigenvalue weighted by Crippen LogP contribution is -1.99. The minimum absolute atomic E-state index is 0.0364. The number of hydrogen-bond donors (Lipinski definition) is 0. The Morgan fingerprint density at radius 1 is 0.762 bits per heavy atom. The Hall–Kier alpha value is -0.160. The first kappa shape index (κ1) is 17.2. The maximum atomic E-state index is 11.7. The van der Waals surface area contributed by atoms with E-state index < -0.39 is 9.84 Å². The van der Waals surface area contributed by atoms with Crippen LogP contribution >= 0.6 is 58.0 Å². The molecule has 0 aromatic heterocycles. The lowest BCUT2D eigenvalue weighted by molar-refractivity contribution is 0.602. The van der Waals surface area contributed by atoms with Crippen LogP contribution in [-0.4, -0.2) is 14.7 Å². The zero-order valence-corrected chi connectivity index (χ0v) is 15.0. The van der Waals surface area contributed by atoms with E-state index in [1.807, 2.05) is 0 Å². The minimum atomic E-state index is -3.50. The SMILES string of the molecule is CS(=O)(=O)c1cc(-c2ccc(Cl)c(Cl)c2Cl)c(Cl)cc1Cl. The van der Waals surface area contributed by atoms with E-state index in [1.54, 1.807) is 12.1 Å². The van der Waals surface area contributed by atoms with Gasteiger partial charge in [0.2, 0.25) is 0 Å². The second-order valence-electron chi connectivity index (χ2n) is 4.26. The van der Waals surface area contributed by atoms with Gasteiger partial charge in [-0.1, -0.05) is 64.1 Å². The lowest BCUT2D eigenvalue weighted by atomic mass is 10.1. The van der Waals surface area contributed by atoms with Gasteiger partial charge in [-0.15, -0.1) is 0 Å². The Bertz CT molecular complexity index is 831. The Labute approximate surface area is 147 Å². The third-order valence-electron chi connectivity index (χ3n) is 2.75. The van der Waals surface area contributed by atoms with Gasteiger partial charge in [0.1, 0.15) is 0 Å². The summed E-state index contributed by atoms with van der Waals surface area (Å²) >= 11 is 30.1. The zero-order chi connectivity index (χ0) is 15.9. The molecular formula is C13H7Cl5O2S. The highest BCUT2D eigenvalue weighted by Gasteiger charge is 2.19. The average molecular weight is 405 g/mol. The molecule has 0 atom stereocenters. The molecule has 112 valence electrons. The highest BCUT2D eigenvalue weighted by molar-refractivity contribution is 7.90. The molecule has 2 aromatic rings. The van der Waals surface area contributed by atoms with Crippen LogP contribution in [0.15, 0.2) is 29.2 Å². The average Bonchev–Trinajstić information content (AvgIpc) is 2.36. The summed E-state index contributed by atoms with van der Waals surface area (Å²) in [6.45, 7) is 0. The van der Waals surface area contributed by atoms with E-state index in [0.717, 1.165) is 6.26 Å². The van der Waals surface area contributed by atoms with Crippen molar-refractivity contribution in [2.24, 2.45) is 0 Å². The molecule has 0 spiro atoms. The van der Waals surface area contributed by atoms with Crippen molar-refractivity contribution in [3.8, 4) is 11.1 Å². The Kier molecular flexibility index (Phi) is 5.04. The van der Waals surface area contributed by atoms with Gasteiger partial charge in [-0.05, 0) is 18.2 Å². The molecule has 0 saturated carbocycles. The summed E-state index contributed by atoms with van der Waals surface area (Å²) in [4.78, 5) is -0.0364. The first-order valence-electron chi connectivity index (χ1n) is 5.46. The van der Waals surface area contributed by atoms with Gasteiger partial charge in [0, 0.05) is 17.4 Å². The van der Waals surface area contributed by atoms with Crippen LogP contribution in [0.2, 0.25) is 25.1 Å². The molecule has 8 heteroatoms. The van der Waals surface area contributed by atoms with Crippen molar-refractivity contribution in [3.63, 3.8) is 0 Å². The molecule has 0 N–H and O–H groups in total. The fourth-order valence-electron chi connectivity index (χ4n) is 1.75. The van der Waals surface area contributed by atoms with Crippen molar-refractivity contribution >= 4 is 67.8 Å². The molecular weight excluding hydrogens is 397 g/mol. The smallest absolute Gasteiger partial charge is 0.177 e. The predicted molar refractivity (Wildman–Crippen MR) is 90.0 cm³/mol. The Morgan fingerprint density at radius 2 is 1.38 bits per heavy atom. The summed E-state index contributed by atoms with van der Waals surface area (Å²) in [7, 11) is -3.50. The molecule has 0 fully saturated rings. The topological polar surface area (TPSA) is 34.1 Å². The van der Waals surface area contributed by atoms with Crippen LogP contribution in [0.3, 0.4) is 0 Å². The Balaban J connectivity index is 2.79. The quantitative estimate of drug-likeness (QED) is 0.573. The fraction of sp³-hybridized carbons (Fsp3) is 0.0769. The largest absolute Gasteiger partial charge is 0.224 e. The summed E-state index contributed by atoms with van der Waals surface area (Å²) < 4.78 is 23.5. The summed E-state index contributed by atoms with van der Waals surface area (Å²) in [6, 6.07) is 5.88. The fourth-order valence-corrected chi connectivity index (χ4v) is 4.04. The molecule has 0 aliphatic carbocycles. The zero-order valence-electron chi connectivity index (χ0n) is 10.4. The van der Waals surface area contributed by atoms with Crippen LogP contribution in [0.25, 0.3) is 11.1 Å². The van der Waals surface area contributed by atoms with E-state index in [0.29, 0.717) is 16.1 Å². The third kappa shape index (κ3) is 3.44. The highest BCUT2D eigenvalue weighted by atomic mass is 35.5. The molecule has 2 nitrogen and oxygen atoms in total. The van der Waals surface area contributed by atoms with E-state index in [1.165, 1.54) is 12.1 Å². The van der Waals surface area contributed by atoms with Crippen LogP contribution in [0.5, 0.6) is 0 Å². The summed E-state index contributed by atoms with van der Waals surface area (Å²) in [5.74, 6) is 0. The van der Waals surface area contributed by atoms with Crippen LogP contribution < -0.4 is 0 Å². The first-order chi connectivity index (χ1) is 9.62. The van der Waals surface area contributed by atoms with Crippen molar-refractivity contribution in [1.29, 1.82) is 0 Å². The molecule has 0 aliphatic heterocycles. The molecule has 0 radical (unpaired) electrons. The van der Waals surface area contributed by atoms with Crippen LogP contribution in [0.4, 0.5) is 0 Å². The van der Waals surface area contributed by atoms with Gasteiger partial charge in [0.05, 0.1) is 30.0 Å². The summed E-state index contributed by atoms with van der Waals surface area (Å²) in [6.07, 6.45) is 1.06. The van der Waals surface area contributed by atoms with Gasteiger partial charge in [-0.3, -0.25) is 0 Å². The van der Waals surface area contributed by atoms with Gasteiger partial charge in [-0.25, -0.2) is 8.42 Å². The second-order valence-corrected chi connectivity index (χ2v) is 8.22. The summed E-state index contributed by atoms with van der Waals surface area (Å²) in [5.41, 5.74) is 0.877. The van der Waals surface area contributed by atoms with Crippen LogP contribution in [0.1, 0.15) is 0 Å². The highest BCUT2D eigenvalue weighted by Crippen LogP contribution is 2.42. The number of rotatable bonds is 2.